The molecular formula is C24H31ClO. The lowest BCUT2D eigenvalue weighted by Crippen LogP contribution is -2.04. The molecule has 1 aliphatic rings. The number of hydrogen-bond acceptors (Lipinski definition) is 1. The van der Waals surface area contributed by atoms with E-state index in [4.69, 9.17) is 16.3 Å². The van der Waals surface area contributed by atoms with Crippen molar-refractivity contribution < 1.29 is 4.74 Å². The van der Waals surface area contributed by atoms with Gasteiger partial charge in [-0.3, -0.25) is 0 Å². The van der Waals surface area contributed by atoms with Crippen LogP contribution in [0.4, 0.5) is 0 Å². The highest BCUT2D eigenvalue weighted by Crippen LogP contribution is 2.35. The molecule has 0 amide bonds. The molecule has 0 aromatic heterocycles. The van der Waals surface area contributed by atoms with Crippen LogP contribution in [0, 0.1) is 0 Å². The molecule has 0 spiro atoms. The Hall–Kier alpha value is -1.47. The molecule has 0 atom stereocenters. The summed E-state index contributed by atoms with van der Waals surface area (Å²) in [6.45, 7) is 2.97. The van der Waals surface area contributed by atoms with E-state index in [9.17, 15) is 0 Å². The summed E-state index contributed by atoms with van der Waals surface area (Å²) in [6, 6.07) is 15.2. The zero-order valence-corrected chi connectivity index (χ0v) is 16.7. The molecule has 0 radical (unpaired) electrons. The van der Waals surface area contributed by atoms with Crippen LogP contribution in [-0.2, 0) is 0 Å². The fourth-order valence-electron chi connectivity index (χ4n) is 3.89. The Morgan fingerprint density at radius 1 is 0.885 bits per heavy atom. The number of benzene rings is 2. The summed E-state index contributed by atoms with van der Waals surface area (Å²) < 4.78 is 5.84. The van der Waals surface area contributed by atoms with Crippen molar-refractivity contribution in [3.8, 4) is 16.9 Å². The molecule has 2 aromatic rings. The lowest BCUT2D eigenvalue weighted by atomic mass is 9.84. The van der Waals surface area contributed by atoms with Crippen molar-refractivity contribution in [2.75, 3.05) is 6.61 Å². The highest BCUT2D eigenvalue weighted by molar-refractivity contribution is 6.32. The number of rotatable bonds is 8. The van der Waals surface area contributed by atoms with Gasteiger partial charge in [-0.25, -0.2) is 0 Å². The van der Waals surface area contributed by atoms with Crippen molar-refractivity contribution in [1.82, 2.24) is 0 Å². The van der Waals surface area contributed by atoms with Crippen LogP contribution in [0.3, 0.4) is 0 Å². The number of ether oxygens (including phenoxy) is 1. The molecule has 0 heterocycles. The second-order valence-corrected chi connectivity index (χ2v) is 7.92. The van der Waals surface area contributed by atoms with E-state index in [1.54, 1.807) is 0 Å². The normalized spacial score (nSPS) is 15.2. The molecule has 140 valence electrons. The number of hydrogen-bond donors (Lipinski definition) is 0. The Bertz CT molecular complexity index is 671. The van der Waals surface area contributed by atoms with E-state index >= 15 is 0 Å². The van der Waals surface area contributed by atoms with Crippen molar-refractivity contribution in [1.29, 1.82) is 0 Å². The molecule has 0 unspecified atom stereocenters. The molecule has 0 saturated heterocycles. The van der Waals surface area contributed by atoms with E-state index in [-0.39, 0.29) is 0 Å². The Kier molecular flexibility index (Phi) is 7.43. The summed E-state index contributed by atoms with van der Waals surface area (Å²) in [4.78, 5) is 0. The molecule has 1 nitrogen and oxygen atoms in total. The summed E-state index contributed by atoms with van der Waals surface area (Å²) >= 11 is 6.45. The second kappa shape index (κ2) is 10.0. The Morgan fingerprint density at radius 2 is 1.62 bits per heavy atom. The molecule has 1 aliphatic carbocycles. The minimum Gasteiger partial charge on any atom is -0.492 e. The molecule has 2 aromatic carbocycles. The van der Waals surface area contributed by atoms with Crippen LogP contribution < -0.4 is 4.74 Å². The summed E-state index contributed by atoms with van der Waals surface area (Å²) in [7, 11) is 0. The van der Waals surface area contributed by atoms with Crippen molar-refractivity contribution in [2.45, 2.75) is 70.6 Å². The zero-order valence-electron chi connectivity index (χ0n) is 16.0. The largest absolute Gasteiger partial charge is 0.492 e. The van der Waals surface area contributed by atoms with Crippen molar-refractivity contribution in [3.05, 3.63) is 53.1 Å². The number of unbranched alkanes of at least 4 members (excludes halogenated alkanes) is 3. The third-order valence-electron chi connectivity index (χ3n) is 5.51. The van der Waals surface area contributed by atoms with E-state index in [1.165, 1.54) is 62.5 Å². The minimum absolute atomic E-state index is 0.703. The van der Waals surface area contributed by atoms with Gasteiger partial charge >= 0.3 is 0 Å². The van der Waals surface area contributed by atoms with Crippen LogP contribution in [-0.4, -0.2) is 6.61 Å². The van der Waals surface area contributed by atoms with Gasteiger partial charge in [0.25, 0.3) is 0 Å². The zero-order chi connectivity index (χ0) is 18.2. The van der Waals surface area contributed by atoms with E-state index < -0.39 is 0 Å². The van der Waals surface area contributed by atoms with Crippen LogP contribution in [0.25, 0.3) is 11.1 Å². The first-order chi connectivity index (χ1) is 12.8. The van der Waals surface area contributed by atoms with Crippen LogP contribution in [0.5, 0.6) is 5.75 Å². The molecule has 2 heteroatoms. The van der Waals surface area contributed by atoms with Gasteiger partial charge in [0.2, 0.25) is 0 Å². The Labute approximate surface area is 163 Å². The lowest BCUT2D eigenvalue weighted by molar-refractivity contribution is 0.305. The van der Waals surface area contributed by atoms with Gasteiger partial charge in [0.1, 0.15) is 5.75 Å². The second-order valence-electron chi connectivity index (χ2n) is 7.51. The molecule has 1 saturated carbocycles. The highest BCUT2D eigenvalue weighted by Gasteiger charge is 2.15. The third-order valence-corrected chi connectivity index (χ3v) is 5.80. The predicted molar refractivity (Wildman–Crippen MR) is 112 cm³/mol. The first kappa shape index (κ1) is 19.3. The van der Waals surface area contributed by atoms with Gasteiger partial charge in [-0.15, -0.1) is 0 Å². The van der Waals surface area contributed by atoms with E-state index in [0.717, 1.165) is 30.3 Å². The summed E-state index contributed by atoms with van der Waals surface area (Å²) in [5.74, 6) is 1.55. The fourth-order valence-corrected chi connectivity index (χ4v) is 4.13. The molecule has 26 heavy (non-hydrogen) atoms. The summed E-state index contributed by atoms with van der Waals surface area (Å²) in [6.07, 6.45) is 11.7. The van der Waals surface area contributed by atoms with Gasteiger partial charge in [0.15, 0.2) is 0 Å². The molecule has 3 rings (SSSR count). The summed E-state index contributed by atoms with van der Waals surface area (Å²) in [5, 5.41) is 0.703. The van der Waals surface area contributed by atoms with Crippen LogP contribution in [0.15, 0.2) is 42.5 Å². The fraction of sp³-hybridized carbons (Fsp3) is 0.500. The van der Waals surface area contributed by atoms with Gasteiger partial charge in [0.05, 0.1) is 11.6 Å². The molecule has 0 N–H and O–H groups in total. The van der Waals surface area contributed by atoms with Crippen molar-refractivity contribution in [3.63, 3.8) is 0 Å². The number of halogens is 1. The first-order valence-electron chi connectivity index (χ1n) is 10.3. The predicted octanol–water partition coefficient (Wildman–Crippen LogP) is 8.01. The maximum absolute atomic E-state index is 6.45. The van der Waals surface area contributed by atoms with Gasteiger partial charge in [-0.05, 0) is 54.0 Å². The molecular weight excluding hydrogens is 340 g/mol. The SMILES string of the molecule is CCCCCCOc1ccc(-c2ccc(C3CCCCC3)cc2)cc1Cl. The Morgan fingerprint density at radius 3 is 2.31 bits per heavy atom. The Balaban J connectivity index is 1.61. The molecule has 0 bridgehead atoms. The first-order valence-corrected chi connectivity index (χ1v) is 10.7. The summed E-state index contributed by atoms with van der Waals surface area (Å²) in [5.41, 5.74) is 3.87. The average molecular weight is 371 g/mol. The standard InChI is InChI=1S/C24H31ClO/c1-2-3-4-8-17-26-24-16-15-22(18-23(24)25)21-13-11-20(12-14-21)19-9-6-5-7-10-19/h11-16,18-19H,2-10,17H2,1H3. The third kappa shape index (κ3) is 5.27. The molecule has 0 aliphatic heterocycles. The van der Waals surface area contributed by atoms with Crippen LogP contribution in [0.1, 0.15) is 76.2 Å². The van der Waals surface area contributed by atoms with E-state index in [0.29, 0.717) is 5.02 Å². The van der Waals surface area contributed by atoms with Crippen LogP contribution in [0.2, 0.25) is 5.02 Å². The van der Waals surface area contributed by atoms with Gasteiger partial charge in [0, 0.05) is 0 Å². The van der Waals surface area contributed by atoms with E-state index in [2.05, 4.69) is 37.3 Å². The van der Waals surface area contributed by atoms with Gasteiger partial charge in [-0.2, -0.15) is 0 Å². The van der Waals surface area contributed by atoms with E-state index in [1.807, 2.05) is 12.1 Å². The maximum atomic E-state index is 6.45. The molecule has 1 fully saturated rings. The topological polar surface area (TPSA) is 9.23 Å². The quantitative estimate of drug-likeness (QED) is 0.427. The lowest BCUT2D eigenvalue weighted by Gasteiger charge is -2.22. The van der Waals surface area contributed by atoms with Crippen molar-refractivity contribution in [2.24, 2.45) is 0 Å². The monoisotopic (exact) mass is 370 g/mol. The smallest absolute Gasteiger partial charge is 0.137 e. The maximum Gasteiger partial charge on any atom is 0.137 e. The minimum atomic E-state index is 0.703. The van der Waals surface area contributed by atoms with Gasteiger partial charge in [-0.1, -0.05) is 87.4 Å². The average Bonchev–Trinajstić information content (AvgIpc) is 2.70. The van der Waals surface area contributed by atoms with Crippen molar-refractivity contribution >= 4 is 11.6 Å². The van der Waals surface area contributed by atoms with Gasteiger partial charge < -0.3 is 4.74 Å². The highest BCUT2D eigenvalue weighted by atomic mass is 35.5. The van der Waals surface area contributed by atoms with Crippen LogP contribution >= 0.6 is 11.6 Å².